The summed E-state index contributed by atoms with van der Waals surface area (Å²) < 4.78 is 9.96. The van der Waals surface area contributed by atoms with Crippen molar-refractivity contribution in [1.82, 2.24) is 4.90 Å². The maximum absolute atomic E-state index is 11.6. The third-order valence-corrected chi connectivity index (χ3v) is 2.95. The fourth-order valence-electron chi connectivity index (χ4n) is 1.90. The summed E-state index contributed by atoms with van der Waals surface area (Å²) in [5.41, 5.74) is 6.84. The normalized spacial score (nSPS) is 17.5. The molecule has 1 aromatic carbocycles. The lowest BCUT2D eigenvalue weighted by Gasteiger charge is -2.27. The number of ether oxygens (including phenoxy) is 2. The van der Waals surface area contributed by atoms with Crippen LogP contribution in [0.3, 0.4) is 0 Å². The molecular formula is C13H16N2O4. The Morgan fingerprint density at radius 3 is 2.68 bits per heavy atom. The van der Waals surface area contributed by atoms with Crippen LogP contribution in [0.1, 0.15) is 11.6 Å². The lowest BCUT2D eigenvalue weighted by Crippen LogP contribution is -2.48. The summed E-state index contributed by atoms with van der Waals surface area (Å²) in [6, 6.07) is 6.81. The number of rotatable bonds is 4. The number of carbonyl (C=O) groups excluding carboxylic acids is 2. The molecule has 1 atom stereocenters. The van der Waals surface area contributed by atoms with Crippen LogP contribution in [0.2, 0.25) is 0 Å². The Bertz CT molecular complexity index is 473. The molecule has 1 aliphatic heterocycles. The zero-order valence-corrected chi connectivity index (χ0v) is 10.7. The van der Waals surface area contributed by atoms with Crippen LogP contribution in [-0.4, -0.2) is 43.6 Å². The Hall–Kier alpha value is -1.92. The first-order chi connectivity index (χ1) is 9.11. The minimum absolute atomic E-state index is 0.0728. The van der Waals surface area contributed by atoms with Crippen LogP contribution in [0.25, 0.3) is 0 Å². The molecule has 102 valence electrons. The number of carbonyl (C=O) groups is 2. The standard InChI is InChI=1S/C13H16N2O4/c1-18-10-4-2-3-9(5-10)11(14)6-15-12(16)7-19-8-13(15)17/h2-5,11H,6-8,14H2,1H3. The molecule has 19 heavy (non-hydrogen) atoms. The summed E-state index contributed by atoms with van der Waals surface area (Å²) in [5, 5.41) is 0. The van der Waals surface area contributed by atoms with Gasteiger partial charge in [-0.1, -0.05) is 12.1 Å². The fourth-order valence-corrected chi connectivity index (χ4v) is 1.90. The van der Waals surface area contributed by atoms with Crippen LogP contribution in [0.15, 0.2) is 24.3 Å². The molecule has 0 aromatic heterocycles. The Morgan fingerprint density at radius 1 is 1.37 bits per heavy atom. The lowest BCUT2D eigenvalue weighted by atomic mass is 10.1. The van der Waals surface area contributed by atoms with E-state index in [0.717, 1.165) is 10.5 Å². The first-order valence-electron chi connectivity index (χ1n) is 5.92. The van der Waals surface area contributed by atoms with Crippen LogP contribution < -0.4 is 10.5 Å². The van der Waals surface area contributed by atoms with Crippen LogP contribution in [0, 0.1) is 0 Å². The predicted octanol–water partition coefficient (Wildman–Crippen LogP) is 0.0804. The third kappa shape index (κ3) is 3.10. The van der Waals surface area contributed by atoms with Crippen molar-refractivity contribution in [2.24, 2.45) is 5.73 Å². The second-order valence-corrected chi connectivity index (χ2v) is 4.27. The summed E-state index contributed by atoms with van der Waals surface area (Å²) in [7, 11) is 1.57. The summed E-state index contributed by atoms with van der Waals surface area (Å²) in [5.74, 6) is -0.0169. The zero-order chi connectivity index (χ0) is 13.8. The van der Waals surface area contributed by atoms with Crippen molar-refractivity contribution in [3.8, 4) is 5.75 Å². The van der Waals surface area contributed by atoms with Gasteiger partial charge in [0, 0.05) is 12.6 Å². The maximum atomic E-state index is 11.6. The molecule has 0 spiro atoms. The minimum Gasteiger partial charge on any atom is -0.497 e. The zero-order valence-electron chi connectivity index (χ0n) is 10.7. The highest BCUT2D eigenvalue weighted by Gasteiger charge is 2.28. The van der Waals surface area contributed by atoms with Gasteiger partial charge in [0.05, 0.1) is 7.11 Å². The molecule has 0 bridgehead atoms. The summed E-state index contributed by atoms with van der Waals surface area (Å²) >= 11 is 0. The molecule has 1 fully saturated rings. The van der Waals surface area contributed by atoms with E-state index in [9.17, 15) is 9.59 Å². The van der Waals surface area contributed by atoms with Crippen molar-refractivity contribution in [2.45, 2.75) is 6.04 Å². The van der Waals surface area contributed by atoms with Gasteiger partial charge in [0.1, 0.15) is 19.0 Å². The van der Waals surface area contributed by atoms with E-state index >= 15 is 0 Å². The average Bonchev–Trinajstić information content (AvgIpc) is 2.43. The van der Waals surface area contributed by atoms with Gasteiger partial charge in [0.15, 0.2) is 0 Å². The van der Waals surface area contributed by atoms with Crippen molar-refractivity contribution in [3.05, 3.63) is 29.8 Å². The van der Waals surface area contributed by atoms with Gasteiger partial charge in [-0.25, -0.2) is 0 Å². The van der Waals surface area contributed by atoms with Gasteiger partial charge in [0.25, 0.3) is 11.8 Å². The fraction of sp³-hybridized carbons (Fsp3) is 0.385. The first kappa shape index (κ1) is 13.5. The van der Waals surface area contributed by atoms with Crippen molar-refractivity contribution in [2.75, 3.05) is 26.9 Å². The maximum Gasteiger partial charge on any atom is 0.255 e. The van der Waals surface area contributed by atoms with Crippen molar-refractivity contribution < 1.29 is 19.1 Å². The molecule has 2 N–H and O–H groups in total. The largest absolute Gasteiger partial charge is 0.497 e. The van der Waals surface area contributed by atoms with Crippen LogP contribution in [0.5, 0.6) is 5.75 Å². The summed E-state index contributed by atoms with van der Waals surface area (Å²) in [6.07, 6.45) is 0. The van der Waals surface area contributed by atoms with Crippen LogP contribution in [0.4, 0.5) is 0 Å². The number of hydrogen-bond donors (Lipinski definition) is 1. The van der Waals surface area contributed by atoms with E-state index < -0.39 is 6.04 Å². The van der Waals surface area contributed by atoms with Gasteiger partial charge < -0.3 is 15.2 Å². The molecule has 1 unspecified atom stereocenters. The Morgan fingerprint density at radius 2 is 2.05 bits per heavy atom. The number of nitrogens with two attached hydrogens (primary N) is 1. The van der Waals surface area contributed by atoms with Gasteiger partial charge >= 0.3 is 0 Å². The topological polar surface area (TPSA) is 81.9 Å². The van der Waals surface area contributed by atoms with Gasteiger partial charge in [-0.3, -0.25) is 14.5 Å². The molecular weight excluding hydrogens is 248 g/mol. The third-order valence-electron chi connectivity index (χ3n) is 2.95. The van der Waals surface area contributed by atoms with E-state index in [4.69, 9.17) is 15.2 Å². The molecule has 6 heteroatoms. The molecule has 6 nitrogen and oxygen atoms in total. The number of nitrogens with zero attached hydrogens (tertiary/aromatic N) is 1. The highest BCUT2D eigenvalue weighted by atomic mass is 16.5. The summed E-state index contributed by atoms with van der Waals surface area (Å²) in [6.45, 7) is 0.00133. The monoisotopic (exact) mass is 264 g/mol. The Labute approximate surface area is 111 Å². The average molecular weight is 264 g/mol. The van der Waals surface area contributed by atoms with Gasteiger partial charge in [-0.15, -0.1) is 0 Å². The van der Waals surface area contributed by atoms with Gasteiger partial charge in [0.2, 0.25) is 0 Å². The second-order valence-electron chi connectivity index (χ2n) is 4.27. The number of amides is 2. The van der Waals surface area contributed by atoms with E-state index in [1.807, 2.05) is 12.1 Å². The molecule has 1 saturated heterocycles. The van der Waals surface area contributed by atoms with Gasteiger partial charge in [-0.2, -0.15) is 0 Å². The van der Waals surface area contributed by atoms with E-state index in [0.29, 0.717) is 5.75 Å². The number of methoxy groups -OCH3 is 1. The Kier molecular flexibility index (Phi) is 4.13. The molecule has 1 aliphatic rings. The van der Waals surface area contributed by atoms with Crippen molar-refractivity contribution >= 4 is 11.8 Å². The summed E-state index contributed by atoms with van der Waals surface area (Å²) in [4.78, 5) is 24.3. The first-order valence-corrected chi connectivity index (χ1v) is 5.92. The predicted molar refractivity (Wildman–Crippen MR) is 67.5 cm³/mol. The minimum atomic E-state index is -0.443. The van der Waals surface area contributed by atoms with E-state index in [2.05, 4.69) is 0 Å². The van der Waals surface area contributed by atoms with E-state index in [1.54, 1.807) is 19.2 Å². The van der Waals surface area contributed by atoms with E-state index in [-0.39, 0.29) is 31.6 Å². The molecule has 2 amide bonds. The SMILES string of the molecule is COc1cccc(C(N)CN2C(=O)COCC2=O)c1. The molecule has 0 aliphatic carbocycles. The highest BCUT2D eigenvalue weighted by molar-refractivity contribution is 5.98. The highest BCUT2D eigenvalue weighted by Crippen LogP contribution is 2.19. The Balaban J connectivity index is 2.09. The van der Waals surface area contributed by atoms with E-state index in [1.165, 1.54) is 0 Å². The smallest absolute Gasteiger partial charge is 0.255 e. The van der Waals surface area contributed by atoms with Crippen LogP contribution >= 0.6 is 0 Å². The molecule has 1 heterocycles. The van der Waals surface area contributed by atoms with Crippen molar-refractivity contribution in [3.63, 3.8) is 0 Å². The quantitative estimate of drug-likeness (QED) is 0.779. The van der Waals surface area contributed by atoms with Gasteiger partial charge in [-0.05, 0) is 17.7 Å². The van der Waals surface area contributed by atoms with Crippen molar-refractivity contribution in [1.29, 1.82) is 0 Å². The molecule has 2 rings (SSSR count). The number of hydrogen-bond acceptors (Lipinski definition) is 5. The molecule has 0 radical (unpaired) electrons. The lowest BCUT2D eigenvalue weighted by molar-refractivity contribution is -0.158. The molecule has 1 aromatic rings. The number of benzene rings is 1. The second kappa shape index (κ2) is 5.81. The van der Waals surface area contributed by atoms with Crippen LogP contribution in [-0.2, 0) is 14.3 Å². The number of imide groups is 1. The number of morpholine rings is 1. The molecule has 0 saturated carbocycles.